The quantitative estimate of drug-likeness (QED) is 0.824. The van der Waals surface area contributed by atoms with Crippen LogP contribution in [0.4, 0.5) is 4.39 Å². The molecule has 1 nitrogen and oxygen atoms in total. The molecule has 3 unspecified atom stereocenters. The Morgan fingerprint density at radius 1 is 1.10 bits per heavy atom. The third kappa shape index (κ3) is 2.06. The van der Waals surface area contributed by atoms with Crippen LogP contribution in [-0.4, -0.2) is 5.11 Å². The summed E-state index contributed by atoms with van der Waals surface area (Å²) in [5.74, 6) is 0.508. The van der Waals surface area contributed by atoms with Gasteiger partial charge in [-0.1, -0.05) is 26.0 Å². The Morgan fingerprint density at radius 3 is 2.33 bits per heavy atom. The molecule has 1 N–H and O–H groups in total. The third-order valence-electron chi connectivity index (χ3n) is 6.41. The molecule has 1 aromatic carbocycles. The molecule has 4 aliphatic rings. The van der Waals surface area contributed by atoms with Crippen molar-refractivity contribution in [3.05, 3.63) is 35.6 Å². The highest BCUT2D eigenvalue weighted by molar-refractivity contribution is 5.24. The molecule has 0 radical (unpaired) electrons. The summed E-state index contributed by atoms with van der Waals surface area (Å²) >= 11 is 0. The van der Waals surface area contributed by atoms with E-state index in [-0.39, 0.29) is 11.2 Å². The Balaban J connectivity index is 1.74. The van der Waals surface area contributed by atoms with Crippen LogP contribution in [0.3, 0.4) is 0 Å². The van der Waals surface area contributed by atoms with Gasteiger partial charge in [-0.15, -0.1) is 0 Å². The van der Waals surface area contributed by atoms with Crippen molar-refractivity contribution < 1.29 is 9.50 Å². The zero-order chi connectivity index (χ0) is 14.9. The molecule has 2 heteroatoms. The summed E-state index contributed by atoms with van der Waals surface area (Å²) in [6.45, 7) is 4.81. The first-order valence-electron chi connectivity index (χ1n) is 8.25. The highest BCUT2D eigenvalue weighted by Gasteiger charge is 2.62. The van der Waals surface area contributed by atoms with Gasteiger partial charge < -0.3 is 5.11 Å². The molecule has 3 atom stereocenters. The van der Waals surface area contributed by atoms with Crippen LogP contribution in [0.5, 0.6) is 0 Å². The van der Waals surface area contributed by atoms with Gasteiger partial charge in [0.2, 0.25) is 0 Å². The van der Waals surface area contributed by atoms with Crippen LogP contribution in [0.15, 0.2) is 24.3 Å². The van der Waals surface area contributed by atoms with E-state index >= 15 is 0 Å². The van der Waals surface area contributed by atoms with E-state index in [2.05, 4.69) is 13.8 Å². The summed E-state index contributed by atoms with van der Waals surface area (Å²) in [5.41, 5.74) is 1.49. The van der Waals surface area contributed by atoms with Crippen LogP contribution >= 0.6 is 0 Å². The first-order chi connectivity index (χ1) is 9.82. The van der Waals surface area contributed by atoms with Gasteiger partial charge in [0.25, 0.3) is 0 Å². The summed E-state index contributed by atoms with van der Waals surface area (Å²) < 4.78 is 13.5. The largest absolute Gasteiger partial charge is 0.388 e. The lowest BCUT2D eigenvalue weighted by atomic mass is 9.39. The number of rotatable bonds is 2. The van der Waals surface area contributed by atoms with E-state index < -0.39 is 6.10 Å². The van der Waals surface area contributed by atoms with Gasteiger partial charge in [-0.25, -0.2) is 4.39 Å². The minimum Gasteiger partial charge on any atom is -0.388 e. The Labute approximate surface area is 126 Å². The molecule has 114 valence electrons. The zero-order valence-electron chi connectivity index (χ0n) is 13.0. The molecule has 4 aliphatic carbocycles. The average molecular weight is 288 g/mol. The van der Waals surface area contributed by atoms with Crippen LogP contribution in [0.2, 0.25) is 0 Å². The maximum Gasteiger partial charge on any atom is 0.123 e. The molecule has 0 saturated heterocycles. The monoisotopic (exact) mass is 288 g/mol. The van der Waals surface area contributed by atoms with Crippen molar-refractivity contribution in [1.82, 2.24) is 0 Å². The molecule has 4 fully saturated rings. The van der Waals surface area contributed by atoms with Gasteiger partial charge in [0, 0.05) is 5.41 Å². The van der Waals surface area contributed by atoms with Crippen molar-refractivity contribution in [2.24, 2.45) is 22.2 Å². The van der Waals surface area contributed by atoms with Crippen molar-refractivity contribution >= 4 is 0 Å². The maximum atomic E-state index is 13.5. The summed E-state index contributed by atoms with van der Waals surface area (Å²) in [7, 11) is 0. The maximum absolute atomic E-state index is 13.5. The molecule has 1 aromatic rings. The van der Waals surface area contributed by atoms with Crippen LogP contribution < -0.4 is 0 Å². The first kappa shape index (κ1) is 13.8. The van der Waals surface area contributed by atoms with E-state index in [0.717, 1.165) is 30.7 Å². The minimum atomic E-state index is -0.518. The molecular formula is C19H25FO. The standard InChI is InChI=1S/C19H25FO/c1-17-7-13-8-18(2,10-17)12-19(9-13,11-17)16(21)14-4-3-5-15(20)6-14/h3-6,13,16,21H,7-12H2,1-2H3. The molecule has 21 heavy (non-hydrogen) atoms. The molecule has 4 saturated carbocycles. The summed E-state index contributed by atoms with van der Waals surface area (Å²) in [6.07, 6.45) is 6.74. The summed E-state index contributed by atoms with van der Waals surface area (Å²) in [4.78, 5) is 0. The Morgan fingerprint density at radius 2 is 1.76 bits per heavy atom. The Hall–Kier alpha value is -0.890. The fraction of sp³-hybridized carbons (Fsp3) is 0.684. The summed E-state index contributed by atoms with van der Waals surface area (Å²) in [6, 6.07) is 6.58. The highest BCUT2D eigenvalue weighted by Crippen LogP contribution is 2.72. The number of hydrogen-bond acceptors (Lipinski definition) is 1. The van der Waals surface area contributed by atoms with E-state index in [4.69, 9.17) is 0 Å². The van der Waals surface area contributed by atoms with Gasteiger partial charge >= 0.3 is 0 Å². The lowest BCUT2D eigenvalue weighted by molar-refractivity contribution is -0.187. The van der Waals surface area contributed by atoms with Gasteiger partial charge in [0.1, 0.15) is 5.82 Å². The van der Waals surface area contributed by atoms with E-state index in [0.29, 0.717) is 10.8 Å². The average Bonchev–Trinajstić information content (AvgIpc) is 2.33. The normalized spacial score (nSPS) is 45.8. The molecule has 0 aromatic heterocycles. The second-order valence-electron chi connectivity index (χ2n) is 8.95. The number of aliphatic hydroxyl groups excluding tert-OH is 1. The topological polar surface area (TPSA) is 20.2 Å². The number of benzene rings is 1. The smallest absolute Gasteiger partial charge is 0.123 e. The zero-order valence-corrected chi connectivity index (χ0v) is 13.0. The van der Waals surface area contributed by atoms with Crippen LogP contribution in [0.1, 0.15) is 64.0 Å². The third-order valence-corrected chi connectivity index (χ3v) is 6.41. The first-order valence-corrected chi connectivity index (χ1v) is 8.25. The number of hydrogen-bond donors (Lipinski definition) is 1. The summed E-state index contributed by atoms with van der Waals surface area (Å²) in [5, 5.41) is 11.1. The second kappa shape index (κ2) is 4.10. The number of aliphatic hydroxyl groups is 1. The molecule has 0 spiro atoms. The van der Waals surface area contributed by atoms with E-state index in [1.54, 1.807) is 6.07 Å². The van der Waals surface area contributed by atoms with Crippen LogP contribution in [-0.2, 0) is 0 Å². The lowest BCUT2D eigenvalue weighted by Crippen LogP contribution is -2.56. The number of halogens is 1. The van der Waals surface area contributed by atoms with Gasteiger partial charge in [-0.05, 0) is 73.0 Å². The molecule has 0 amide bonds. The van der Waals surface area contributed by atoms with Crippen molar-refractivity contribution in [2.75, 3.05) is 0 Å². The van der Waals surface area contributed by atoms with Crippen molar-refractivity contribution in [1.29, 1.82) is 0 Å². The second-order valence-corrected chi connectivity index (χ2v) is 8.95. The van der Waals surface area contributed by atoms with Crippen molar-refractivity contribution in [3.8, 4) is 0 Å². The fourth-order valence-corrected chi connectivity index (χ4v) is 6.87. The minimum absolute atomic E-state index is 0.0310. The Bertz CT molecular complexity index is 563. The SMILES string of the molecule is CC12CC3CC(C)(C1)CC(C(O)c1cccc(F)c1)(C3)C2. The van der Waals surface area contributed by atoms with E-state index in [1.807, 2.05) is 6.07 Å². The molecule has 0 aliphatic heterocycles. The van der Waals surface area contributed by atoms with Crippen molar-refractivity contribution in [3.63, 3.8) is 0 Å². The molecular weight excluding hydrogens is 263 g/mol. The Kier molecular flexibility index (Phi) is 2.68. The predicted octanol–water partition coefficient (Wildman–Crippen LogP) is 4.86. The lowest BCUT2D eigenvalue weighted by Gasteiger charge is -2.66. The van der Waals surface area contributed by atoms with Crippen LogP contribution in [0, 0.1) is 28.0 Å². The fourth-order valence-electron chi connectivity index (χ4n) is 6.87. The molecule has 5 rings (SSSR count). The highest BCUT2D eigenvalue weighted by atomic mass is 19.1. The van der Waals surface area contributed by atoms with Crippen LogP contribution in [0.25, 0.3) is 0 Å². The van der Waals surface area contributed by atoms with Gasteiger partial charge in [-0.2, -0.15) is 0 Å². The van der Waals surface area contributed by atoms with Crippen molar-refractivity contribution in [2.45, 2.75) is 58.5 Å². The van der Waals surface area contributed by atoms with Gasteiger partial charge in [0.15, 0.2) is 0 Å². The molecule has 0 heterocycles. The van der Waals surface area contributed by atoms with E-state index in [9.17, 15) is 9.50 Å². The molecule has 4 bridgehead atoms. The van der Waals surface area contributed by atoms with Gasteiger partial charge in [0.05, 0.1) is 6.10 Å². The van der Waals surface area contributed by atoms with E-state index in [1.165, 1.54) is 31.4 Å². The predicted molar refractivity (Wildman–Crippen MR) is 81.2 cm³/mol. The van der Waals surface area contributed by atoms with Gasteiger partial charge in [-0.3, -0.25) is 0 Å².